The largest absolute Gasteiger partial charge is 0.493 e. The lowest BCUT2D eigenvalue weighted by Crippen LogP contribution is -2.24. The van der Waals surface area contributed by atoms with Crippen LogP contribution in [-0.4, -0.2) is 29.6 Å². The van der Waals surface area contributed by atoms with Crippen molar-refractivity contribution in [3.05, 3.63) is 17.7 Å². The second-order valence-electron chi connectivity index (χ2n) is 4.93. The fraction of sp³-hybridized carbons (Fsp3) is 0.538. The summed E-state index contributed by atoms with van der Waals surface area (Å²) in [4.78, 5) is 0. The summed E-state index contributed by atoms with van der Waals surface area (Å²) in [7, 11) is 3.29. The Labute approximate surface area is 110 Å². The molecular formula is C13H22O4Si. The third-order valence-electron chi connectivity index (χ3n) is 2.40. The first kappa shape index (κ1) is 14.9. The van der Waals surface area contributed by atoms with Crippen LogP contribution in [0.2, 0.25) is 19.6 Å². The van der Waals surface area contributed by atoms with E-state index >= 15 is 0 Å². The van der Waals surface area contributed by atoms with Crippen molar-refractivity contribution in [2.24, 2.45) is 0 Å². The highest BCUT2D eigenvalue weighted by atomic mass is 28.4. The van der Waals surface area contributed by atoms with Gasteiger partial charge >= 0.3 is 0 Å². The SMILES string of the molecule is COc1cc(CO[Si](C)(C)C)cc(OC)c1OC. The zero-order chi connectivity index (χ0) is 13.8. The van der Waals surface area contributed by atoms with Crippen molar-refractivity contribution in [3.8, 4) is 17.2 Å². The predicted molar refractivity (Wildman–Crippen MR) is 74.2 cm³/mol. The molecule has 0 aliphatic heterocycles. The van der Waals surface area contributed by atoms with E-state index in [1.807, 2.05) is 12.1 Å². The van der Waals surface area contributed by atoms with Gasteiger partial charge in [-0.1, -0.05) is 0 Å². The molecule has 0 saturated heterocycles. The summed E-state index contributed by atoms with van der Waals surface area (Å²) in [6.07, 6.45) is 0. The van der Waals surface area contributed by atoms with Crippen LogP contribution in [-0.2, 0) is 11.0 Å². The topological polar surface area (TPSA) is 36.9 Å². The molecule has 102 valence electrons. The van der Waals surface area contributed by atoms with E-state index < -0.39 is 8.32 Å². The third-order valence-corrected chi connectivity index (χ3v) is 3.41. The van der Waals surface area contributed by atoms with Gasteiger partial charge in [-0.2, -0.15) is 0 Å². The quantitative estimate of drug-likeness (QED) is 0.744. The van der Waals surface area contributed by atoms with Gasteiger partial charge in [0.05, 0.1) is 27.9 Å². The number of hydrogen-bond donors (Lipinski definition) is 0. The zero-order valence-electron chi connectivity index (χ0n) is 12.0. The summed E-state index contributed by atoms with van der Waals surface area (Å²) in [5.74, 6) is 1.92. The Hall–Kier alpha value is -1.20. The summed E-state index contributed by atoms with van der Waals surface area (Å²) in [6, 6.07) is 3.84. The molecule has 1 aromatic carbocycles. The monoisotopic (exact) mass is 270 g/mol. The van der Waals surface area contributed by atoms with Crippen molar-refractivity contribution in [2.45, 2.75) is 26.2 Å². The van der Waals surface area contributed by atoms with Gasteiger partial charge in [0.25, 0.3) is 0 Å². The van der Waals surface area contributed by atoms with E-state index in [0.717, 1.165) is 5.56 Å². The molecule has 0 aliphatic carbocycles. The molecule has 0 amide bonds. The first-order valence-electron chi connectivity index (χ1n) is 5.84. The second-order valence-corrected chi connectivity index (χ2v) is 9.45. The molecule has 0 fully saturated rings. The smallest absolute Gasteiger partial charge is 0.203 e. The Balaban J connectivity index is 3.00. The number of methoxy groups -OCH3 is 3. The molecule has 5 heteroatoms. The van der Waals surface area contributed by atoms with E-state index in [2.05, 4.69) is 19.6 Å². The third kappa shape index (κ3) is 3.92. The molecule has 18 heavy (non-hydrogen) atoms. The van der Waals surface area contributed by atoms with Crippen molar-refractivity contribution >= 4 is 8.32 Å². The molecule has 0 heterocycles. The fourth-order valence-electron chi connectivity index (χ4n) is 1.52. The Kier molecular flexibility index (Phi) is 5.04. The van der Waals surface area contributed by atoms with Crippen LogP contribution < -0.4 is 14.2 Å². The Morgan fingerprint density at radius 3 is 1.72 bits per heavy atom. The molecule has 0 N–H and O–H groups in total. The predicted octanol–water partition coefficient (Wildman–Crippen LogP) is 3.06. The molecule has 1 aromatic rings. The average molecular weight is 270 g/mol. The summed E-state index contributed by atoms with van der Waals surface area (Å²) in [5, 5.41) is 0. The molecule has 1 rings (SSSR count). The summed E-state index contributed by atoms with van der Waals surface area (Å²) >= 11 is 0. The van der Waals surface area contributed by atoms with Crippen LogP contribution in [0.4, 0.5) is 0 Å². The maximum Gasteiger partial charge on any atom is 0.203 e. The van der Waals surface area contributed by atoms with Crippen LogP contribution in [0.15, 0.2) is 12.1 Å². The highest BCUT2D eigenvalue weighted by Gasteiger charge is 2.17. The molecule has 0 unspecified atom stereocenters. The number of ether oxygens (including phenoxy) is 3. The molecular weight excluding hydrogens is 248 g/mol. The van der Waals surface area contributed by atoms with Gasteiger partial charge in [-0.25, -0.2) is 0 Å². The summed E-state index contributed by atoms with van der Waals surface area (Å²) in [6.45, 7) is 7.04. The van der Waals surface area contributed by atoms with Gasteiger partial charge in [0.1, 0.15) is 0 Å². The van der Waals surface area contributed by atoms with E-state index in [9.17, 15) is 0 Å². The molecule has 0 aromatic heterocycles. The summed E-state index contributed by atoms with van der Waals surface area (Å²) in [5.41, 5.74) is 1.02. The molecule has 0 bridgehead atoms. The zero-order valence-corrected chi connectivity index (χ0v) is 13.0. The first-order valence-corrected chi connectivity index (χ1v) is 9.25. The van der Waals surface area contributed by atoms with Crippen LogP contribution in [0.5, 0.6) is 17.2 Å². The Bertz CT molecular complexity index is 373. The van der Waals surface area contributed by atoms with Crippen molar-refractivity contribution in [2.75, 3.05) is 21.3 Å². The van der Waals surface area contributed by atoms with Crippen LogP contribution in [0, 0.1) is 0 Å². The lowest BCUT2D eigenvalue weighted by molar-refractivity contribution is 0.293. The normalized spacial score (nSPS) is 11.2. The van der Waals surface area contributed by atoms with E-state index in [1.165, 1.54) is 0 Å². The molecule has 0 spiro atoms. The highest BCUT2D eigenvalue weighted by molar-refractivity contribution is 6.69. The number of rotatable bonds is 6. The van der Waals surface area contributed by atoms with Gasteiger partial charge in [0.15, 0.2) is 19.8 Å². The highest BCUT2D eigenvalue weighted by Crippen LogP contribution is 2.38. The van der Waals surface area contributed by atoms with E-state index in [1.54, 1.807) is 21.3 Å². The van der Waals surface area contributed by atoms with Gasteiger partial charge in [-0.3, -0.25) is 0 Å². The maximum atomic E-state index is 5.87. The maximum absolute atomic E-state index is 5.87. The van der Waals surface area contributed by atoms with Crippen LogP contribution >= 0.6 is 0 Å². The van der Waals surface area contributed by atoms with Crippen molar-refractivity contribution in [3.63, 3.8) is 0 Å². The second kappa shape index (κ2) is 6.11. The standard InChI is InChI=1S/C13H22O4Si/c1-14-11-7-10(9-17-18(4,5)6)8-12(15-2)13(11)16-3/h7-8H,9H2,1-6H3. The minimum absolute atomic E-state index is 0.562. The van der Waals surface area contributed by atoms with E-state index in [-0.39, 0.29) is 0 Å². The summed E-state index contributed by atoms with van der Waals surface area (Å²) < 4.78 is 21.8. The Morgan fingerprint density at radius 2 is 1.39 bits per heavy atom. The van der Waals surface area contributed by atoms with Crippen LogP contribution in [0.25, 0.3) is 0 Å². The van der Waals surface area contributed by atoms with E-state index in [4.69, 9.17) is 18.6 Å². The molecule has 0 radical (unpaired) electrons. The van der Waals surface area contributed by atoms with Gasteiger partial charge in [0, 0.05) is 0 Å². The number of hydrogen-bond acceptors (Lipinski definition) is 4. The van der Waals surface area contributed by atoms with Crippen molar-refractivity contribution < 1.29 is 18.6 Å². The van der Waals surface area contributed by atoms with Gasteiger partial charge in [-0.15, -0.1) is 0 Å². The lowest BCUT2D eigenvalue weighted by atomic mass is 10.2. The van der Waals surface area contributed by atoms with Gasteiger partial charge in [0.2, 0.25) is 5.75 Å². The molecule has 0 aliphatic rings. The van der Waals surface area contributed by atoms with Crippen molar-refractivity contribution in [1.29, 1.82) is 0 Å². The van der Waals surface area contributed by atoms with Gasteiger partial charge < -0.3 is 18.6 Å². The molecule has 4 nitrogen and oxygen atoms in total. The number of benzene rings is 1. The minimum atomic E-state index is -1.53. The molecule has 0 atom stereocenters. The average Bonchev–Trinajstić information content (AvgIpc) is 2.33. The van der Waals surface area contributed by atoms with E-state index in [0.29, 0.717) is 23.9 Å². The van der Waals surface area contributed by atoms with Gasteiger partial charge in [-0.05, 0) is 37.3 Å². The van der Waals surface area contributed by atoms with Crippen LogP contribution in [0.1, 0.15) is 5.56 Å². The van der Waals surface area contributed by atoms with Crippen LogP contribution in [0.3, 0.4) is 0 Å². The minimum Gasteiger partial charge on any atom is -0.493 e. The molecule has 0 saturated carbocycles. The first-order chi connectivity index (χ1) is 8.41. The lowest BCUT2D eigenvalue weighted by Gasteiger charge is -2.19. The fourth-order valence-corrected chi connectivity index (χ4v) is 2.12. The Morgan fingerprint density at radius 1 is 0.889 bits per heavy atom. The van der Waals surface area contributed by atoms with Crippen molar-refractivity contribution in [1.82, 2.24) is 0 Å².